The minimum atomic E-state index is -0.0659. The van der Waals surface area contributed by atoms with Crippen molar-refractivity contribution in [2.75, 3.05) is 33.4 Å². The van der Waals surface area contributed by atoms with Gasteiger partial charge in [-0.3, -0.25) is 9.36 Å². The van der Waals surface area contributed by atoms with Crippen molar-refractivity contribution in [2.24, 2.45) is 0 Å². The maximum atomic E-state index is 12.5. The van der Waals surface area contributed by atoms with Crippen molar-refractivity contribution in [3.05, 3.63) is 71.0 Å². The number of nitrogens with one attached hydrogen (secondary N) is 2. The molecule has 6 heteroatoms. The maximum absolute atomic E-state index is 12.5. The zero-order valence-corrected chi connectivity index (χ0v) is 15.8. The van der Waals surface area contributed by atoms with E-state index in [2.05, 4.69) is 10.3 Å². The van der Waals surface area contributed by atoms with Gasteiger partial charge in [0.15, 0.2) is 0 Å². The topological polar surface area (TPSA) is 68.3 Å². The zero-order chi connectivity index (χ0) is 19.3. The van der Waals surface area contributed by atoms with Crippen molar-refractivity contribution in [2.45, 2.75) is 0 Å². The van der Waals surface area contributed by atoms with Crippen molar-refractivity contribution < 1.29 is 9.47 Å². The Hall–Kier alpha value is -3.09. The van der Waals surface area contributed by atoms with Gasteiger partial charge in [0, 0.05) is 37.2 Å². The number of fused-ring (bicyclic) bond motifs is 2. The number of ether oxygens (including phenoxy) is 2. The standard InChI is InChI=1S/C22H23N3O3/c1-27-12-10-23-11-13-28-18-7-8-19-17(14-18)15-21(24-19)25-20-5-3-2-4-16(20)6-9-22(25)26/h2-9,14-15,23-24H,10-13H2,1H3. The Morgan fingerprint density at radius 3 is 2.71 bits per heavy atom. The lowest BCUT2D eigenvalue weighted by atomic mass is 10.2. The molecule has 0 amide bonds. The molecule has 2 N–H and O–H groups in total. The number of hydrogen-bond acceptors (Lipinski definition) is 4. The Morgan fingerprint density at radius 1 is 0.964 bits per heavy atom. The van der Waals surface area contributed by atoms with Crippen molar-refractivity contribution in [3.8, 4) is 11.6 Å². The number of para-hydroxylation sites is 1. The van der Waals surface area contributed by atoms with Crippen LogP contribution in [0.2, 0.25) is 0 Å². The molecular weight excluding hydrogens is 354 g/mol. The predicted molar refractivity (Wildman–Crippen MR) is 112 cm³/mol. The van der Waals surface area contributed by atoms with Crippen LogP contribution in [-0.2, 0) is 4.74 Å². The fraction of sp³-hybridized carbons (Fsp3) is 0.227. The van der Waals surface area contributed by atoms with Crippen LogP contribution in [-0.4, -0.2) is 43.0 Å². The molecular formula is C22H23N3O3. The normalized spacial score (nSPS) is 11.3. The zero-order valence-electron chi connectivity index (χ0n) is 15.8. The summed E-state index contributed by atoms with van der Waals surface area (Å²) in [5.41, 5.74) is 1.77. The van der Waals surface area contributed by atoms with E-state index < -0.39 is 0 Å². The van der Waals surface area contributed by atoms with Crippen LogP contribution in [0.25, 0.3) is 27.6 Å². The van der Waals surface area contributed by atoms with Crippen molar-refractivity contribution in [1.29, 1.82) is 0 Å². The van der Waals surface area contributed by atoms with Crippen LogP contribution in [0.1, 0.15) is 0 Å². The molecule has 144 valence electrons. The summed E-state index contributed by atoms with van der Waals surface area (Å²) in [6.07, 6.45) is 0. The fourth-order valence-electron chi connectivity index (χ4n) is 3.28. The molecule has 0 aliphatic rings. The molecule has 0 aliphatic carbocycles. The second kappa shape index (κ2) is 8.29. The third-order valence-electron chi connectivity index (χ3n) is 4.65. The lowest BCUT2D eigenvalue weighted by molar-refractivity contribution is 0.197. The smallest absolute Gasteiger partial charge is 0.256 e. The molecule has 0 radical (unpaired) electrons. The van der Waals surface area contributed by atoms with E-state index in [0.29, 0.717) is 13.2 Å². The van der Waals surface area contributed by atoms with E-state index in [1.165, 1.54) is 0 Å². The molecule has 0 fully saturated rings. The van der Waals surface area contributed by atoms with Crippen molar-refractivity contribution in [1.82, 2.24) is 14.9 Å². The molecule has 4 rings (SSSR count). The highest BCUT2D eigenvalue weighted by Gasteiger charge is 2.09. The van der Waals surface area contributed by atoms with Crippen LogP contribution in [0, 0.1) is 0 Å². The van der Waals surface area contributed by atoms with Crippen LogP contribution in [0.5, 0.6) is 5.75 Å². The number of nitrogens with zero attached hydrogens (tertiary/aromatic N) is 1. The number of aromatic amines is 1. The molecule has 2 aromatic heterocycles. The van der Waals surface area contributed by atoms with Crippen LogP contribution >= 0.6 is 0 Å². The van der Waals surface area contributed by atoms with Crippen molar-refractivity contribution >= 4 is 21.8 Å². The summed E-state index contributed by atoms with van der Waals surface area (Å²) in [4.78, 5) is 15.9. The van der Waals surface area contributed by atoms with Gasteiger partial charge < -0.3 is 19.8 Å². The largest absolute Gasteiger partial charge is 0.492 e. The van der Waals surface area contributed by atoms with E-state index in [4.69, 9.17) is 9.47 Å². The van der Waals surface area contributed by atoms with Gasteiger partial charge >= 0.3 is 0 Å². The van der Waals surface area contributed by atoms with E-state index >= 15 is 0 Å². The molecule has 6 nitrogen and oxygen atoms in total. The Kier molecular flexibility index (Phi) is 5.41. The number of H-pyrrole nitrogens is 1. The minimum Gasteiger partial charge on any atom is -0.492 e. The number of hydrogen-bond donors (Lipinski definition) is 2. The molecule has 0 saturated heterocycles. The highest BCUT2D eigenvalue weighted by molar-refractivity contribution is 5.86. The van der Waals surface area contributed by atoms with E-state index in [0.717, 1.165) is 46.5 Å². The first-order valence-corrected chi connectivity index (χ1v) is 9.33. The molecule has 0 aliphatic heterocycles. The molecule has 0 spiro atoms. The van der Waals surface area contributed by atoms with Gasteiger partial charge in [0.2, 0.25) is 0 Å². The quantitative estimate of drug-likeness (QED) is 0.463. The number of methoxy groups -OCH3 is 1. The second-order valence-corrected chi connectivity index (χ2v) is 6.56. The molecule has 0 bridgehead atoms. The number of aromatic nitrogens is 2. The molecule has 28 heavy (non-hydrogen) atoms. The van der Waals surface area contributed by atoms with Crippen LogP contribution in [0.4, 0.5) is 0 Å². The Bertz CT molecular complexity index is 1150. The maximum Gasteiger partial charge on any atom is 0.256 e. The molecule has 2 aromatic carbocycles. The van der Waals surface area contributed by atoms with Gasteiger partial charge in [-0.05, 0) is 41.8 Å². The minimum absolute atomic E-state index is 0.0659. The molecule has 4 aromatic rings. The van der Waals surface area contributed by atoms with E-state index in [1.807, 2.05) is 54.6 Å². The van der Waals surface area contributed by atoms with Crippen LogP contribution < -0.4 is 15.6 Å². The molecule has 0 unspecified atom stereocenters. The molecule has 2 heterocycles. The van der Waals surface area contributed by atoms with Gasteiger partial charge in [0.25, 0.3) is 5.56 Å². The average molecular weight is 377 g/mol. The highest BCUT2D eigenvalue weighted by atomic mass is 16.5. The Labute approximate surface area is 162 Å². The second-order valence-electron chi connectivity index (χ2n) is 6.56. The monoisotopic (exact) mass is 377 g/mol. The summed E-state index contributed by atoms with van der Waals surface area (Å²) in [6, 6.07) is 19.2. The van der Waals surface area contributed by atoms with Crippen LogP contribution in [0.15, 0.2) is 65.5 Å². The Balaban J connectivity index is 1.58. The third kappa shape index (κ3) is 3.78. The fourth-order valence-corrected chi connectivity index (χ4v) is 3.28. The summed E-state index contributed by atoms with van der Waals surface area (Å²) in [6.45, 7) is 2.83. The number of pyridine rings is 1. The third-order valence-corrected chi connectivity index (χ3v) is 4.65. The predicted octanol–water partition coefficient (Wildman–Crippen LogP) is 3.09. The highest BCUT2D eigenvalue weighted by Crippen LogP contribution is 2.24. The van der Waals surface area contributed by atoms with Gasteiger partial charge in [0.05, 0.1) is 12.1 Å². The first kappa shape index (κ1) is 18.3. The lowest BCUT2D eigenvalue weighted by Crippen LogP contribution is -2.24. The first-order chi connectivity index (χ1) is 13.8. The average Bonchev–Trinajstić information content (AvgIpc) is 3.13. The first-order valence-electron chi connectivity index (χ1n) is 9.33. The van der Waals surface area contributed by atoms with Gasteiger partial charge in [0.1, 0.15) is 18.2 Å². The van der Waals surface area contributed by atoms with Crippen LogP contribution in [0.3, 0.4) is 0 Å². The summed E-state index contributed by atoms with van der Waals surface area (Å²) in [5.74, 6) is 1.55. The summed E-state index contributed by atoms with van der Waals surface area (Å²) < 4.78 is 12.5. The SMILES string of the molecule is COCCNCCOc1ccc2[nH]c(-n3c(=O)ccc4ccccc43)cc2c1. The van der Waals surface area contributed by atoms with Gasteiger partial charge in [-0.1, -0.05) is 18.2 Å². The van der Waals surface area contributed by atoms with Gasteiger partial charge in [-0.2, -0.15) is 0 Å². The van der Waals surface area contributed by atoms with Crippen molar-refractivity contribution in [3.63, 3.8) is 0 Å². The summed E-state index contributed by atoms with van der Waals surface area (Å²) >= 11 is 0. The van der Waals surface area contributed by atoms with Gasteiger partial charge in [-0.15, -0.1) is 0 Å². The molecule has 0 atom stereocenters. The van der Waals surface area contributed by atoms with E-state index in [-0.39, 0.29) is 5.56 Å². The Morgan fingerprint density at radius 2 is 1.82 bits per heavy atom. The van der Waals surface area contributed by atoms with Gasteiger partial charge in [-0.25, -0.2) is 0 Å². The summed E-state index contributed by atoms with van der Waals surface area (Å²) in [7, 11) is 1.69. The number of benzene rings is 2. The summed E-state index contributed by atoms with van der Waals surface area (Å²) in [5, 5.41) is 5.27. The van der Waals surface area contributed by atoms with E-state index in [9.17, 15) is 4.79 Å². The van der Waals surface area contributed by atoms with E-state index in [1.54, 1.807) is 17.7 Å². The molecule has 0 saturated carbocycles. The lowest BCUT2D eigenvalue weighted by Gasteiger charge is -2.07. The number of rotatable bonds is 8.